The van der Waals surface area contributed by atoms with Gasteiger partial charge in [0.25, 0.3) is 0 Å². The van der Waals surface area contributed by atoms with Crippen LogP contribution < -0.4 is 5.73 Å². The van der Waals surface area contributed by atoms with Gasteiger partial charge in [-0.1, -0.05) is 0 Å². The summed E-state index contributed by atoms with van der Waals surface area (Å²) in [5.41, 5.74) is 7.66. The molecule has 0 radical (unpaired) electrons. The van der Waals surface area contributed by atoms with Crippen molar-refractivity contribution in [1.29, 1.82) is 0 Å². The van der Waals surface area contributed by atoms with Gasteiger partial charge in [-0.05, 0) is 24.3 Å². The highest BCUT2D eigenvalue weighted by Crippen LogP contribution is 2.31. The molecule has 1 aromatic carbocycles. The Labute approximate surface area is 96.4 Å². The molecule has 86 valence electrons. The first-order valence-corrected chi connectivity index (χ1v) is 5.12. The van der Waals surface area contributed by atoms with Gasteiger partial charge in [0.2, 0.25) is 0 Å². The fraction of sp³-hybridized carbons (Fsp3) is 0.0833. The van der Waals surface area contributed by atoms with Crippen LogP contribution in [0.2, 0.25) is 0 Å². The number of hydrogen-bond donors (Lipinski definition) is 1. The summed E-state index contributed by atoms with van der Waals surface area (Å²) in [5, 5.41) is 4.75. The average molecular weight is 231 g/mol. The standard InChI is InChI=1S/C12H10FN3O/c1-16-12(9(14)6-15-16)11-5-7-4-8(13)2-3-10(7)17-11/h2-6H,14H2,1H3. The maximum absolute atomic E-state index is 13.1. The van der Waals surface area contributed by atoms with Gasteiger partial charge in [0, 0.05) is 12.4 Å². The van der Waals surface area contributed by atoms with Crippen LogP contribution in [0.15, 0.2) is 34.9 Å². The summed E-state index contributed by atoms with van der Waals surface area (Å²) in [7, 11) is 1.78. The van der Waals surface area contributed by atoms with E-state index in [2.05, 4.69) is 5.10 Å². The van der Waals surface area contributed by atoms with Crippen LogP contribution in [-0.2, 0) is 7.05 Å². The van der Waals surface area contributed by atoms with Crippen molar-refractivity contribution in [3.63, 3.8) is 0 Å². The molecule has 0 aliphatic carbocycles. The molecular weight excluding hydrogens is 221 g/mol. The number of nitrogens with zero attached hydrogens (tertiary/aromatic N) is 2. The van der Waals surface area contributed by atoms with Crippen LogP contribution in [0, 0.1) is 5.82 Å². The SMILES string of the molecule is Cn1ncc(N)c1-c1cc2cc(F)ccc2o1. The fourth-order valence-corrected chi connectivity index (χ4v) is 1.89. The van der Waals surface area contributed by atoms with Gasteiger partial charge in [0.15, 0.2) is 5.76 Å². The van der Waals surface area contributed by atoms with E-state index in [-0.39, 0.29) is 5.82 Å². The number of benzene rings is 1. The smallest absolute Gasteiger partial charge is 0.155 e. The summed E-state index contributed by atoms with van der Waals surface area (Å²) in [6, 6.07) is 6.14. The molecule has 2 aromatic heterocycles. The molecule has 0 fully saturated rings. The second-order valence-corrected chi connectivity index (χ2v) is 3.86. The summed E-state index contributed by atoms with van der Waals surface area (Å²) in [6.45, 7) is 0. The van der Waals surface area contributed by atoms with Crippen LogP contribution in [0.25, 0.3) is 22.4 Å². The van der Waals surface area contributed by atoms with Crippen molar-refractivity contribution in [2.24, 2.45) is 7.05 Å². The Morgan fingerprint density at radius 3 is 2.88 bits per heavy atom. The average Bonchev–Trinajstić information content (AvgIpc) is 2.81. The van der Waals surface area contributed by atoms with Gasteiger partial charge < -0.3 is 10.2 Å². The third kappa shape index (κ3) is 1.47. The normalized spacial score (nSPS) is 11.2. The van der Waals surface area contributed by atoms with Gasteiger partial charge in [-0.15, -0.1) is 0 Å². The number of fused-ring (bicyclic) bond motifs is 1. The zero-order valence-corrected chi connectivity index (χ0v) is 9.14. The molecule has 2 heterocycles. The zero-order chi connectivity index (χ0) is 12.0. The first-order valence-electron chi connectivity index (χ1n) is 5.12. The number of aromatic nitrogens is 2. The van der Waals surface area contributed by atoms with E-state index in [1.807, 2.05) is 0 Å². The van der Waals surface area contributed by atoms with Gasteiger partial charge in [0.1, 0.15) is 17.1 Å². The molecule has 0 bridgehead atoms. The molecule has 0 atom stereocenters. The Hall–Kier alpha value is -2.30. The number of nitrogen functional groups attached to an aromatic ring is 1. The Balaban J connectivity index is 2.25. The minimum Gasteiger partial charge on any atom is -0.454 e. The van der Waals surface area contributed by atoms with Crippen LogP contribution in [-0.4, -0.2) is 9.78 Å². The van der Waals surface area contributed by atoms with E-state index in [9.17, 15) is 4.39 Å². The predicted octanol–water partition coefficient (Wildman–Crippen LogP) is 2.55. The molecule has 0 saturated heterocycles. The summed E-state index contributed by atoms with van der Waals surface area (Å²) in [5.74, 6) is 0.297. The van der Waals surface area contributed by atoms with Crippen LogP contribution in [0.4, 0.5) is 10.1 Å². The number of hydrogen-bond acceptors (Lipinski definition) is 3. The van der Waals surface area contributed by atoms with E-state index in [1.54, 1.807) is 30.1 Å². The van der Waals surface area contributed by atoms with Gasteiger partial charge >= 0.3 is 0 Å². The molecule has 0 aliphatic heterocycles. The zero-order valence-electron chi connectivity index (χ0n) is 9.14. The number of furan rings is 1. The van der Waals surface area contributed by atoms with Crippen molar-refractivity contribution in [3.05, 3.63) is 36.3 Å². The molecule has 3 aromatic rings. The Morgan fingerprint density at radius 1 is 1.35 bits per heavy atom. The summed E-state index contributed by atoms with van der Waals surface area (Å²) < 4.78 is 20.3. The van der Waals surface area contributed by atoms with Crippen LogP contribution >= 0.6 is 0 Å². The highest BCUT2D eigenvalue weighted by atomic mass is 19.1. The second-order valence-electron chi connectivity index (χ2n) is 3.86. The van der Waals surface area contributed by atoms with Crippen molar-refractivity contribution in [3.8, 4) is 11.5 Å². The summed E-state index contributed by atoms with van der Waals surface area (Å²) >= 11 is 0. The molecule has 0 aliphatic rings. The van der Waals surface area contributed by atoms with Gasteiger partial charge in [0.05, 0.1) is 11.9 Å². The van der Waals surface area contributed by atoms with Crippen LogP contribution in [0.1, 0.15) is 0 Å². The van der Waals surface area contributed by atoms with Crippen molar-refractivity contribution in [2.45, 2.75) is 0 Å². The van der Waals surface area contributed by atoms with E-state index < -0.39 is 0 Å². The molecule has 17 heavy (non-hydrogen) atoms. The first kappa shape index (κ1) is 9.89. The van der Waals surface area contributed by atoms with E-state index in [0.29, 0.717) is 28.1 Å². The van der Waals surface area contributed by atoms with E-state index in [4.69, 9.17) is 10.2 Å². The predicted molar refractivity (Wildman–Crippen MR) is 62.8 cm³/mol. The molecule has 0 unspecified atom stereocenters. The highest BCUT2D eigenvalue weighted by Gasteiger charge is 2.13. The van der Waals surface area contributed by atoms with E-state index in [0.717, 1.165) is 0 Å². The molecule has 3 rings (SSSR count). The van der Waals surface area contributed by atoms with Crippen LogP contribution in [0.5, 0.6) is 0 Å². The molecular formula is C12H10FN3O. The first-order chi connectivity index (χ1) is 8.15. The number of anilines is 1. The molecule has 2 N–H and O–H groups in total. The molecule has 0 saturated carbocycles. The molecule has 0 spiro atoms. The number of rotatable bonds is 1. The number of aryl methyl sites for hydroxylation is 1. The van der Waals surface area contributed by atoms with Gasteiger partial charge in [-0.25, -0.2) is 4.39 Å². The van der Waals surface area contributed by atoms with Gasteiger partial charge in [-0.2, -0.15) is 5.10 Å². The largest absolute Gasteiger partial charge is 0.454 e. The summed E-state index contributed by atoms with van der Waals surface area (Å²) in [6.07, 6.45) is 1.56. The lowest BCUT2D eigenvalue weighted by molar-refractivity contribution is 0.612. The quantitative estimate of drug-likeness (QED) is 0.700. The lowest BCUT2D eigenvalue weighted by Crippen LogP contribution is -1.94. The Morgan fingerprint density at radius 2 is 2.18 bits per heavy atom. The lowest BCUT2D eigenvalue weighted by atomic mass is 10.2. The van der Waals surface area contributed by atoms with Crippen LogP contribution in [0.3, 0.4) is 0 Å². The van der Waals surface area contributed by atoms with Crippen molar-refractivity contribution < 1.29 is 8.81 Å². The van der Waals surface area contributed by atoms with Crippen molar-refractivity contribution in [2.75, 3.05) is 5.73 Å². The molecule has 0 amide bonds. The monoisotopic (exact) mass is 231 g/mol. The maximum Gasteiger partial charge on any atom is 0.155 e. The third-order valence-corrected chi connectivity index (χ3v) is 2.68. The Bertz CT molecular complexity index is 679. The van der Waals surface area contributed by atoms with Crippen molar-refractivity contribution in [1.82, 2.24) is 9.78 Å². The topological polar surface area (TPSA) is 57.0 Å². The third-order valence-electron chi connectivity index (χ3n) is 2.68. The second kappa shape index (κ2) is 3.35. The van der Waals surface area contributed by atoms with E-state index in [1.165, 1.54) is 12.1 Å². The van der Waals surface area contributed by atoms with Crippen molar-refractivity contribution >= 4 is 16.7 Å². The maximum atomic E-state index is 13.1. The molecule has 5 heteroatoms. The highest BCUT2D eigenvalue weighted by molar-refractivity contribution is 5.84. The minimum absolute atomic E-state index is 0.289. The lowest BCUT2D eigenvalue weighted by Gasteiger charge is -1.98. The van der Waals surface area contributed by atoms with E-state index >= 15 is 0 Å². The minimum atomic E-state index is -0.289. The number of halogens is 1. The fourth-order valence-electron chi connectivity index (χ4n) is 1.89. The summed E-state index contributed by atoms with van der Waals surface area (Å²) in [4.78, 5) is 0. The van der Waals surface area contributed by atoms with Gasteiger partial charge in [-0.3, -0.25) is 4.68 Å². The molecule has 4 nitrogen and oxygen atoms in total. The Kier molecular flexibility index (Phi) is 1.95. The number of nitrogens with two attached hydrogens (primary N) is 1.